The Labute approximate surface area is 88.9 Å². The van der Waals surface area contributed by atoms with Crippen LogP contribution in [0.5, 0.6) is 0 Å². The zero-order chi connectivity index (χ0) is 10.7. The molecule has 15 heavy (non-hydrogen) atoms. The SMILES string of the molecule is N#Cc1ccccc1C(=O)N1CCCC1. The van der Waals surface area contributed by atoms with Crippen LogP contribution in [0.4, 0.5) is 0 Å². The maximum Gasteiger partial charge on any atom is 0.255 e. The van der Waals surface area contributed by atoms with Crippen molar-refractivity contribution >= 4 is 5.91 Å². The molecule has 1 heterocycles. The number of amides is 1. The fourth-order valence-corrected chi connectivity index (χ4v) is 1.86. The fourth-order valence-electron chi connectivity index (χ4n) is 1.86. The van der Waals surface area contributed by atoms with E-state index in [2.05, 4.69) is 6.07 Å². The van der Waals surface area contributed by atoms with Crippen molar-refractivity contribution in [3.63, 3.8) is 0 Å². The van der Waals surface area contributed by atoms with Gasteiger partial charge in [0.25, 0.3) is 5.91 Å². The molecule has 3 nitrogen and oxygen atoms in total. The summed E-state index contributed by atoms with van der Waals surface area (Å²) in [7, 11) is 0. The minimum Gasteiger partial charge on any atom is -0.339 e. The highest BCUT2D eigenvalue weighted by molar-refractivity contribution is 5.96. The van der Waals surface area contributed by atoms with E-state index < -0.39 is 0 Å². The third kappa shape index (κ3) is 1.84. The summed E-state index contributed by atoms with van der Waals surface area (Å²) in [6.45, 7) is 1.64. The molecule has 1 fully saturated rings. The molecule has 1 aromatic carbocycles. The molecule has 1 amide bonds. The monoisotopic (exact) mass is 200 g/mol. The molecule has 1 saturated heterocycles. The van der Waals surface area contributed by atoms with E-state index >= 15 is 0 Å². The lowest BCUT2D eigenvalue weighted by molar-refractivity contribution is 0.0792. The Hall–Kier alpha value is -1.82. The minimum absolute atomic E-state index is 0.00958. The van der Waals surface area contributed by atoms with Crippen molar-refractivity contribution in [1.29, 1.82) is 5.26 Å². The molecular formula is C12H12N2O. The highest BCUT2D eigenvalue weighted by Gasteiger charge is 2.21. The molecule has 0 aliphatic carbocycles. The first-order valence-electron chi connectivity index (χ1n) is 5.11. The third-order valence-electron chi connectivity index (χ3n) is 2.67. The zero-order valence-electron chi connectivity index (χ0n) is 8.44. The number of carbonyl (C=O) groups excluding carboxylic acids is 1. The lowest BCUT2D eigenvalue weighted by Gasteiger charge is -2.15. The van der Waals surface area contributed by atoms with E-state index in [0.29, 0.717) is 11.1 Å². The summed E-state index contributed by atoms with van der Waals surface area (Å²) in [5.74, 6) is -0.00958. The van der Waals surface area contributed by atoms with Gasteiger partial charge >= 0.3 is 0 Å². The summed E-state index contributed by atoms with van der Waals surface area (Å²) >= 11 is 0. The van der Waals surface area contributed by atoms with Gasteiger partial charge in [0.05, 0.1) is 17.2 Å². The Balaban J connectivity index is 2.29. The normalized spacial score (nSPS) is 15.0. The molecular weight excluding hydrogens is 188 g/mol. The Bertz CT molecular complexity index is 414. The van der Waals surface area contributed by atoms with E-state index in [0.717, 1.165) is 25.9 Å². The summed E-state index contributed by atoms with van der Waals surface area (Å²) in [6.07, 6.45) is 2.14. The standard InChI is InChI=1S/C12H12N2O/c13-9-10-5-1-2-6-11(10)12(15)14-7-3-4-8-14/h1-2,5-6H,3-4,7-8H2. The van der Waals surface area contributed by atoms with Gasteiger partial charge in [-0.2, -0.15) is 5.26 Å². The van der Waals surface area contributed by atoms with Gasteiger partial charge in [-0.3, -0.25) is 4.79 Å². The maximum atomic E-state index is 12.0. The van der Waals surface area contributed by atoms with E-state index in [1.807, 2.05) is 4.90 Å². The van der Waals surface area contributed by atoms with Gasteiger partial charge in [0.2, 0.25) is 0 Å². The number of benzene rings is 1. The summed E-state index contributed by atoms with van der Waals surface area (Å²) in [5, 5.41) is 8.89. The van der Waals surface area contributed by atoms with E-state index in [1.165, 1.54) is 0 Å². The van der Waals surface area contributed by atoms with Gasteiger partial charge in [-0.1, -0.05) is 12.1 Å². The topological polar surface area (TPSA) is 44.1 Å². The highest BCUT2D eigenvalue weighted by atomic mass is 16.2. The molecule has 1 aromatic rings. The molecule has 0 aromatic heterocycles. The second-order valence-electron chi connectivity index (χ2n) is 3.66. The molecule has 2 rings (SSSR count). The zero-order valence-corrected chi connectivity index (χ0v) is 8.44. The number of nitrogens with zero attached hydrogens (tertiary/aromatic N) is 2. The Morgan fingerprint density at radius 1 is 1.27 bits per heavy atom. The molecule has 3 heteroatoms. The van der Waals surface area contributed by atoms with Gasteiger partial charge in [0.1, 0.15) is 0 Å². The molecule has 0 spiro atoms. The largest absolute Gasteiger partial charge is 0.339 e. The van der Waals surface area contributed by atoms with Crippen LogP contribution in [0.15, 0.2) is 24.3 Å². The first-order chi connectivity index (χ1) is 7.33. The van der Waals surface area contributed by atoms with Crippen molar-refractivity contribution in [3.8, 4) is 6.07 Å². The van der Waals surface area contributed by atoms with E-state index in [-0.39, 0.29) is 5.91 Å². The van der Waals surface area contributed by atoms with Crippen LogP contribution in [0.2, 0.25) is 0 Å². The van der Waals surface area contributed by atoms with Crippen LogP contribution in [-0.2, 0) is 0 Å². The van der Waals surface area contributed by atoms with Crippen LogP contribution in [0.1, 0.15) is 28.8 Å². The Morgan fingerprint density at radius 2 is 1.93 bits per heavy atom. The summed E-state index contributed by atoms with van der Waals surface area (Å²) < 4.78 is 0. The van der Waals surface area contributed by atoms with Crippen LogP contribution in [0, 0.1) is 11.3 Å². The number of rotatable bonds is 1. The Morgan fingerprint density at radius 3 is 2.60 bits per heavy atom. The van der Waals surface area contributed by atoms with Crippen molar-refractivity contribution in [2.75, 3.05) is 13.1 Å². The second-order valence-corrected chi connectivity index (χ2v) is 3.66. The molecule has 0 saturated carbocycles. The average Bonchev–Trinajstić information content (AvgIpc) is 2.81. The van der Waals surface area contributed by atoms with Gasteiger partial charge in [-0.05, 0) is 25.0 Å². The van der Waals surface area contributed by atoms with E-state index in [4.69, 9.17) is 5.26 Å². The van der Waals surface area contributed by atoms with Crippen LogP contribution in [-0.4, -0.2) is 23.9 Å². The van der Waals surface area contributed by atoms with Gasteiger partial charge in [-0.25, -0.2) is 0 Å². The molecule has 0 radical (unpaired) electrons. The summed E-state index contributed by atoms with van der Waals surface area (Å²) in [5.41, 5.74) is 0.997. The first kappa shape index (κ1) is 9.72. The average molecular weight is 200 g/mol. The summed E-state index contributed by atoms with van der Waals surface area (Å²) in [6, 6.07) is 9.03. The van der Waals surface area contributed by atoms with Crippen molar-refractivity contribution in [3.05, 3.63) is 35.4 Å². The van der Waals surface area contributed by atoms with Crippen LogP contribution in [0.3, 0.4) is 0 Å². The predicted molar refractivity (Wildman–Crippen MR) is 56.3 cm³/mol. The first-order valence-corrected chi connectivity index (χ1v) is 5.11. The third-order valence-corrected chi connectivity index (χ3v) is 2.67. The lowest BCUT2D eigenvalue weighted by atomic mass is 10.1. The van der Waals surface area contributed by atoms with Gasteiger partial charge < -0.3 is 4.90 Å². The highest BCUT2D eigenvalue weighted by Crippen LogP contribution is 2.15. The molecule has 0 N–H and O–H groups in total. The van der Waals surface area contributed by atoms with E-state index in [9.17, 15) is 4.79 Å². The van der Waals surface area contributed by atoms with Gasteiger partial charge in [0, 0.05) is 13.1 Å². The maximum absolute atomic E-state index is 12.0. The Kier molecular flexibility index (Phi) is 2.68. The fraction of sp³-hybridized carbons (Fsp3) is 0.333. The summed E-state index contributed by atoms with van der Waals surface area (Å²) in [4.78, 5) is 13.8. The van der Waals surface area contributed by atoms with E-state index in [1.54, 1.807) is 24.3 Å². The molecule has 1 aliphatic rings. The molecule has 0 atom stereocenters. The van der Waals surface area contributed by atoms with Crippen molar-refractivity contribution < 1.29 is 4.79 Å². The predicted octanol–water partition coefficient (Wildman–Crippen LogP) is 1.79. The number of carbonyl (C=O) groups is 1. The number of nitriles is 1. The van der Waals surface area contributed by atoms with Crippen molar-refractivity contribution in [2.45, 2.75) is 12.8 Å². The van der Waals surface area contributed by atoms with Crippen LogP contribution < -0.4 is 0 Å². The minimum atomic E-state index is -0.00958. The van der Waals surface area contributed by atoms with Crippen molar-refractivity contribution in [1.82, 2.24) is 4.90 Å². The van der Waals surface area contributed by atoms with Crippen molar-refractivity contribution in [2.24, 2.45) is 0 Å². The quantitative estimate of drug-likeness (QED) is 0.693. The second kappa shape index (κ2) is 4.14. The lowest BCUT2D eigenvalue weighted by Crippen LogP contribution is -2.28. The molecule has 76 valence electrons. The number of hydrogen-bond acceptors (Lipinski definition) is 2. The van der Waals surface area contributed by atoms with Crippen LogP contribution in [0.25, 0.3) is 0 Å². The molecule has 0 bridgehead atoms. The number of likely N-dealkylation sites (tertiary alicyclic amines) is 1. The molecule has 0 unspecified atom stereocenters. The van der Waals surface area contributed by atoms with Gasteiger partial charge in [0.15, 0.2) is 0 Å². The smallest absolute Gasteiger partial charge is 0.255 e. The van der Waals surface area contributed by atoms with Crippen LogP contribution >= 0.6 is 0 Å². The van der Waals surface area contributed by atoms with Gasteiger partial charge in [-0.15, -0.1) is 0 Å². The number of hydrogen-bond donors (Lipinski definition) is 0. The molecule has 1 aliphatic heterocycles.